The number of nitro benzene ring substituents is 1. The molecule has 0 atom stereocenters. The van der Waals surface area contributed by atoms with Crippen molar-refractivity contribution >= 4 is 27.1 Å². The van der Waals surface area contributed by atoms with E-state index in [1.165, 1.54) is 12.1 Å². The Morgan fingerprint density at radius 3 is 2.54 bits per heavy atom. The summed E-state index contributed by atoms with van der Waals surface area (Å²) in [5, 5.41) is 29.5. The summed E-state index contributed by atoms with van der Waals surface area (Å²) in [5.41, 5.74) is -0.779. The van der Waals surface area contributed by atoms with Gasteiger partial charge in [0.15, 0.2) is 5.75 Å². The van der Waals surface area contributed by atoms with E-state index in [9.17, 15) is 23.6 Å². The van der Waals surface area contributed by atoms with Crippen molar-refractivity contribution in [2.24, 2.45) is 0 Å². The molecule has 0 fully saturated rings. The Morgan fingerprint density at radius 2 is 2.00 bits per heavy atom. The highest BCUT2D eigenvalue weighted by atomic mass is 35.5. The molecule has 0 aliphatic carbocycles. The van der Waals surface area contributed by atoms with Crippen molar-refractivity contribution in [3.8, 4) is 17.6 Å². The first-order valence-electron chi connectivity index (χ1n) is 6.22. The Morgan fingerprint density at radius 1 is 1.33 bits per heavy atom. The van der Waals surface area contributed by atoms with Gasteiger partial charge in [0.1, 0.15) is 0 Å². The number of sulfone groups is 1. The van der Waals surface area contributed by atoms with Crippen molar-refractivity contribution in [3.05, 3.63) is 51.0 Å². The summed E-state index contributed by atoms with van der Waals surface area (Å²) in [7, 11) is -3.16. The highest BCUT2D eigenvalue weighted by molar-refractivity contribution is 7.91. The van der Waals surface area contributed by atoms with Crippen LogP contribution in [0.3, 0.4) is 0 Å². The molecule has 0 aliphatic rings. The number of aromatic hydroxyl groups is 1. The molecule has 0 saturated carbocycles. The van der Waals surface area contributed by atoms with Gasteiger partial charge in [0.2, 0.25) is 15.6 Å². The fraction of sp³-hybridized carbons (Fsp3) is 0.0714. The maximum Gasteiger partial charge on any atom is 0.315 e. The summed E-state index contributed by atoms with van der Waals surface area (Å²) in [6.07, 6.45) is 0. The van der Waals surface area contributed by atoms with Crippen LogP contribution in [0.5, 0.6) is 11.5 Å². The maximum atomic E-state index is 12.7. The molecule has 24 heavy (non-hydrogen) atoms. The van der Waals surface area contributed by atoms with Crippen molar-refractivity contribution in [1.29, 1.82) is 5.26 Å². The lowest BCUT2D eigenvalue weighted by Crippen LogP contribution is -2.05. The van der Waals surface area contributed by atoms with E-state index in [0.29, 0.717) is 6.07 Å². The molecule has 10 heteroatoms. The molecule has 1 N–H and O–H groups in total. The largest absolute Gasteiger partial charge is 0.500 e. The predicted octanol–water partition coefficient (Wildman–Crippen LogP) is 2.67. The van der Waals surface area contributed by atoms with Gasteiger partial charge in [0, 0.05) is 12.1 Å². The zero-order chi connectivity index (χ0) is 18.1. The van der Waals surface area contributed by atoms with Crippen LogP contribution >= 0.6 is 11.6 Å². The highest BCUT2D eigenvalue weighted by Gasteiger charge is 2.28. The molecule has 2 aromatic rings. The molecule has 0 aliphatic heterocycles. The Kier molecular flexibility index (Phi) is 4.64. The van der Waals surface area contributed by atoms with Gasteiger partial charge in [0.25, 0.3) is 0 Å². The van der Waals surface area contributed by atoms with Gasteiger partial charge >= 0.3 is 5.69 Å². The van der Waals surface area contributed by atoms with E-state index in [4.69, 9.17) is 21.6 Å². The van der Waals surface area contributed by atoms with E-state index in [0.717, 1.165) is 19.2 Å². The van der Waals surface area contributed by atoms with Crippen LogP contribution in [0.4, 0.5) is 5.69 Å². The second-order valence-electron chi connectivity index (χ2n) is 4.51. The number of rotatable bonds is 4. The van der Waals surface area contributed by atoms with Crippen molar-refractivity contribution < 1.29 is 23.2 Å². The first kappa shape index (κ1) is 17.5. The minimum Gasteiger partial charge on any atom is -0.500 e. The number of phenolic OH excluding ortho intramolecular Hbond substituents is 1. The van der Waals surface area contributed by atoms with Crippen LogP contribution < -0.4 is 4.74 Å². The van der Waals surface area contributed by atoms with E-state index < -0.39 is 31.1 Å². The molecule has 2 rings (SSSR count). The number of ether oxygens (including phenoxy) is 1. The predicted molar refractivity (Wildman–Crippen MR) is 82.9 cm³/mol. The molecule has 0 unspecified atom stereocenters. The van der Waals surface area contributed by atoms with Gasteiger partial charge in [-0.05, 0) is 18.2 Å². The number of benzene rings is 2. The molecule has 0 heterocycles. The van der Waals surface area contributed by atoms with Gasteiger partial charge in [0.05, 0.1) is 38.5 Å². The lowest BCUT2D eigenvalue weighted by molar-refractivity contribution is -0.386. The summed E-state index contributed by atoms with van der Waals surface area (Å²) in [6.45, 7) is 0. The number of nitriles is 1. The van der Waals surface area contributed by atoms with Crippen LogP contribution in [0.15, 0.2) is 40.1 Å². The van der Waals surface area contributed by atoms with Gasteiger partial charge in [-0.25, -0.2) is 8.42 Å². The number of methoxy groups -OCH3 is 1. The molecular formula is C14H9ClN2O6S. The SMILES string of the molecule is COc1cc(S(=O)(=O)c2cc(C#N)ccc2Cl)cc([N+](=O)[O-])c1O. The second-order valence-corrected chi connectivity index (χ2v) is 6.84. The second kappa shape index (κ2) is 6.35. The number of hydrogen-bond acceptors (Lipinski definition) is 7. The third-order valence-electron chi connectivity index (χ3n) is 3.11. The number of halogens is 1. The fourth-order valence-electron chi connectivity index (χ4n) is 1.92. The Hall–Kier alpha value is -2.83. The molecular weight excluding hydrogens is 360 g/mol. The van der Waals surface area contributed by atoms with E-state index in [1.54, 1.807) is 6.07 Å². The summed E-state index contributed by atoms with van der Waals surface area (Å²) < 4.78 is 30.2. The Labute approximate surface area is 141 Å². The molecule has 8 nitrogen and oxygen atoms in total. The highest BCUT2D eigenvalue weighted by Crippen LogP contribution is 2.40. The average molecular weight is 369 g/mol. The number of nitrogens with zero attached hydrogens (tertiary/aromatic N) is 2. The lowest BCUT2D eigenvalue weighted by atomic mass is 10.2. The van der Waals surface area contributed by atoms with Gasteiger partial charge < -0.3 is 9.84 Å². The molecule has 0 saturated heterocycles. The smallest absolute Gasteiger partial charge is 0.315 e. The third-order valence-corrected chi connectivity index (χ3v) is 5.32. The maximum absolute atomic E-state index is 12.7. The summed E-state index contributed by atoms with van der Waals surface area (Å²) in [5.74, 6) is -1.17. The van der Waals surface area contributed by atoms with E-state index in [-0.39, 0.29) is 21.2 Å². The monoisotopic (exact) mass is 368 g/mol. The summed E-state index contributed by atoms with van der Waals surface area (Å²) in [4.78, 5) is 9.18. The molecule has 0 radical (unpaired) electrons. The van der Waals surface area contributed by atoms with E-state index in [2.05, 4.69) is 0 Å². The topological polar surface area (TPSA) is 131 Å². The molecule has 2 aromatic carbocycles. The van der Waals surface area contributed by atoms with Gasteiger partial charge in [-0.2, -0.15) is 5.26 Å². The van der Waals surface area contributed by atoms with Crippen molar-refractivity contribution in [3.63, 3.8) is 0 Å². The molecule has 0 aromatic heterocycles. The third kappa shape index (κ3) is 2.97. The van der Waals surface area contributed by atoms with Crippen LogP contribution in [-0.2, 0) is 9.84 Å². The van der Waals surface area contributed by atoms with Crippen molar-refractivity contribution in [2.75, 3.05) is 7.11 Å². The lowest BCUT2D eigenvalue weighted by Gasteiger charge is -2.10. The average Bonchev–Trinajstić information content (AvgIpc) is 2.54. The molecule has 124 valence electrons. The molecule has 0 amide bonds. The van der Waals surface area contributed by atoms with Crippen LogP contribution in [0, 0.1) is 21.4 Å². The number of hydrogen-bond donors (Lipinski definition) is 1. The first-order chi connectivity index (χ1) is 11.2. The first-order valence-corrected chi connectivity index (χ1v) is 8.08. The van der Waals surface area contributed by atoms with E-state index >= 15 is 0 Å². The zero-order valence-electron chi connectivity index (χ0n) is 12.1. The van der Waals surface area contributed by atoms with Gasteiger partial charge in [-0.3, -0.25) is 10.1 Å². The van der Waals surface area contributed by atoms with Gasteiger partial charge in [-0.15, -0.1) is 0 Å². The van der Waals surface area contributed by atoms with Crippen LogP contribution in [0.1, 0.15) is 5.56 Å². The summed E-state index contributed by atoms with van der Waals surface area (Å²) in [6, 6.07) is 7.05. The van der Waals surface area contributed by atoms with E-state index in [1.807, 2.05) is 0 Å². The van der Waals surface area contributed by atoms with Crippen LogP contribution in [0.25, 0.3) is 0 Å². The number of nitro groups is 1. The Bertz CT molecular complexity index is 981. The quantitative estimate of drug-likeness (QED) is 0.648. The normalized spacial score (nSPS) is 10.9. The minimum atomic E-state index is -4.29. The Balaban J connectivity index is 2.78. The van der Waals surface area contributed by atoms with Crippen LogP contribution in [0.2, 0.25) is 5.02 Å². The molecule has 0 spiro atoms. The van der Waals surface area contributed by atoms with Crippen LogP contribution in [-0.4, -0.2) is 25.6 Å². The minimum absolute atomic E-state index is 0.0539. The molecule has 0 bridgehead atoms. The van der Waals surface area contributed by atoms with Gasteiger partial charge in [-0.1, -0.05) is 11.6 Å². The fourth-order valence-corrected chi connectivity index (χ4v) is 3.74. The van der Waals surface area contributed by atoms with Crippen molar-refractivity contribution in [2.45, 2.75) is 9.79 Å². The van der Waals surface area contributed by atoms with Crippen molar-refractivity contribution in [1.82, 2.24) is 0 Å². The zero-order valence-corrected chi connectivity index (χ0v) is 13.6. The number of phenols is 1. The standard InChI is InChI=1S/C14H9ClN2O6S/c1-23-12-6-9(5-11(14(12)18)17(19)20)24(21,22)13-4-8(7-16)2-3-10(13)15/h2-6,18H,1H3. The summed E-state index contributed by atoms with van der Waals surface area (Å²) >= 11 is 5.89.